The third kappa shape index (κ3) is 2.57. The van der Waals surface area contributed by atoms with Crippen LogP contribution in [0, 0.1) is 29.3 Å². The number of hydrogen-bond acceptors (Lipinski definition) is 0. The number of halogens is 3. The van der Waals surface area contributed by atoms with E-state index in [4.69, 9.17) is 0 Å². The maximum Gasteiger partial charge on any atom is 0.132 e. The van der Waals surface area contributed by atoms with Crippen molar-refractivity contribution in [2.24, 2.45) is 11.8 Å². The van der Waals surface area contributed by atoms with Crippen LogP contribution < -0.4 is 0 Å². The summed E-state index contributed by atoms with van der Waals surface area (Å²) < 4.78 is 40.0. The first kappa shape index (κ1) is 13.1. The average Bonchev–Trinajstić information content (AvgIpc) is 2.09. The van der Waals surface area contributed by atoms with Crippen LogP contribution in [0.2, 0.25) is 0 Å². The highest BCUT2D eigenvalue weighted by Gasteiger charge is 2.26. The van der Waals surface area contributed by atoms with Crippen LogP contribution in [0.15, 0.2) is 12.1 Å². The van der Waals surface area contributed by atoms with Gasteiger partial charge in [0.2, 0.25) is 0 Å². The molecule has 90 valence electrons. The van der Waals surface area contributed by atoms with Gasteiger partial charge in [-0.15, -0.1) is 0 Å². The van der Waals surface area contributed by atoms with E-state index in [2.05, 4.69) is 0 Å². The molecule has 1 aromatic carbocycles. The molecule has 0 aromatic heterocycles. The number of hydrogen-bond donors (Lipinski definition) is 0. The van der Waals surface area contributed by atoms with Crippen molar-refractivity contribution in [1.29, 1.82) is 0 Å². The molecule has 0 nitrogen and oxygen atoms in total. The van der Waals surface area contributed by atoms with E-state index < -0.39 is 17.5 Å². The lowest BCUT2D eigenvalue weighted by atomic mass is 9.79. The second kappa shape index (κ2) is 4.89. The molecule has 3 heteroatoms. The Morgan fingerprint density at radius 1 is 0.812 bits per heavy atom. The summed E-state index contributed by atoms with van der Waals surface area (Å²) in [6, 6.07) is 1.49. The summed E-state index contributed by atoms with van der Waals surface area (Å²) >= 11 is 0. The molecule has 0 saturated carbocycles. The minimum atomic E-state index is -0.870. The monoisotopic (exact) mass is 230 g/mol. The first-order valence-corrected chi connectivity index (χ1v) is 5.49. The normalized spacial score (nSPS) is 11.9. The average molecular weight is 230 g/mol. The number of rotatable bonds is 3. The first-order valence-electron chi connectivity index (χ1n) is 5.49. The Hall–Kier alpha value is -0.990. The summed E-state index contributed by atoms with van der Waals surface area (Å²) in [4.78, 5) is 0. The molecule has 0 bridgehead atoms. The van der Waals surface area contributed by atoms with E-state index in [0.717, 1.165) is 12.1 Å². The molecule has 0 atom stereocenters. The van der Waals surface area contributed by atoms with Crippen LogP contribution in [0.4, 0.5) is 13.2 Å². The predicted octanol–water partition coefficient (Wildman–Crippen LogP) is 4.50. The number of benzene rings is 1. The molecule has 0 spiro atoms. The minimum absolute atomic E-state index is 0.00593. The molecule has 0 amide bonds. The second-order valence-corrected chi connectivity index (χ2v) is 4.80. The molecule has 0 N–H and O–H groups in total. The van der Waals surface area contributed by atoms with Gasteiger partial charge in [-0.25, -0.2) is 13.2 Å². The van der Waals surface area contributed by atoms with Crippen molar-refractivity contribution in [1.82, 2.24) is 0 Å². The van der Waals surface area contributed by atoms with Crippen molar-refractivity contribution in [2.75, 3.05) is 0 Å². The molecular formula is C13H17F3. The molecule has 0 fully saturated rings. The Balaban J connectivity index is 3.29. The molecule has 0 aliphatic heterocycles. The smallest absolute Gasteiger partial charge is 0.132 e. The Labute approximate surface area is 94.5 Å². The fourth-order valence-electron chi connectivity index (χ4n) is 2.31. The zero-order valence-corrected chi connectivity index (χ0v) is 10.0. The van der Waals surface area contributed by atoms with Gasteiger partial charge < -0.3 is 0 Å². The van der Waals surface area contributed by atoms with Gasteiger partial charge in [0.15, 0.2) is 0 Å². The molecule has 0 heterocycles. The van der Waals surface area contributed by atoms with Gasteiger partial charge in [-0.05, 0) is 17.8 Å². The van der Waals surface area contributed by atoms with Gasteiger partial charge in [0.05, 0.1) is 0 Å². The van der Waals surface area contributed by atoms with Crippen molar-refractivity contribution < 1.29 is 13.2 Å². The standard InChI is InChI=1S/C13H17F3/c1-7(2)12(8(3)4)13-10(15)5-9(14)6-11(13)16/h5-8,12H,1-4H3. The lowest BCUT2D eigenvalue weighted by Crippen LogP contribution is -2.17. The van der Waals surface area contributed by atoms with Crippen LogP contribution in [0.3, 0.4) is 0 Å². The third-order valence-corrected chi connectivity index (χ3v) is 2.81. The summed E-state index contributed by atoms with van der Waals surface area (Å²) in [5.74, 6) is -2.47. The Morgan fingerprint density at radius 2 is 1.19 bits per heavy atom. The third-order valence-electron chi connectivity index (χ3n) is 2.81. The fraction of sp³-hybridized carbons (Fsp3) is 0.538. The summed E-state index contributed by atoms with van der Waals surface area (Å²) in [5.41, 5.74) is 0.00593. The van der Waals surface area contributed by atoms with Crippen molar-refractivity contribution in [3.8, 4) is 0 Å². The van der Waals surface area contributed by atoms with Crippen LogP contribution in [0.1, 0.15) is 39.2 Å². The van der Waals surface area contributed by atoms with E-state index in [1.807, 2.05) is 27.7 Å². The van der Waals surface area contributed by atoms with Gasteiger partial charge in [0.25, 0.3) is 0 Å². The molecule has 1 rings (SSSR count). The van der Waals surface area contributed by atoms with E-state index in [9.17, 15) is 13.2 Å². The predicted molar refractivity (Wildman–Crippen MR) is 58.7 cm³/mol. The Morgan fingerprint density at radius 3 is 1.50 bits per heavy atom. The lowest BCUT2D eigenvalue weighted by Gasteiger charge is -2.26. The van der Waals surface area contributed by atoms with Crippen molar-refractivity contribution in [3.63, 3.8) is 0 Å². The summed E-state index contributed by atoms with van der Waals surface area (Å²) in [5, 5.41) is 0. The van der Waals surface area contributed by atoms with Crippen LogP contribution >= 0.6 is 0 Å². The van der Waals surface area contributed by atoms with Gasteiger partial charge in [-0.1, -0.05) is 27.7 Å². The van der Waals surface area contributed by atoms with Crippen LogP contribution in [0.5, 0.6) is 0 Å². The molecule has 16 heavy (non-hydrogen) atoms. The highest BCUT2D eigenvalue weighted by molar-refractivity contribution is 5.25. The topological polar surface area (TPSA) is 0 Å². The summed E-state index contributed by atoms with van der Waals surface area (Å²) in [7, 11) is 0. The van der Waals surface area contributed by atoms with E-state index in [0.29, 0.717) is 0 Å². The molecule has 1 aromatic rings. The molecule has 0 aliphatic rings. The van der Waals surface area contributed by atoms with E-state index in [1.54, 1.807) is 0 Å². The van der Waals surface area contributed by atoms with Crippen LogP contribution in [0.25, 0.3) is 0 Å². The van der Waals surface area contributed by atoms with Crippen molar-refractivity contribution >= 4 is 0 Å². The van der Waals surface area contributed by atoms with Crippen molar-refractivity contribution in [2.45, 2.75) is 33.6 Å². The summed E-state index contributed by atoms with van der Waals surface area (Å²) in [6.45, 7) is 7.64. The highest BCUT2D eigenvalue weighted by Crippen LogP contribution is 2.35. The van der Waals surface area contributed by atoms with Crippen LogP contribution in [-0.4, -0.2) is 0 Å². The molecule has 0 aliphatic carbocycles. The first-order chi connectivity index (χ1) is 7.34. The van der Waals surface area contributed by atoms with Gasteiger partial charge in [0.1, 0.15) is 17.5 Å². The van der Waals surface area contributed by atoms with E-state index in [1.165, 1.54) is 0 Å². The largest absolute Gasteiger partial charge is 0.207 e. The van der Waals surface area contributed by atoms with Gasteiger partial charge >= 0.3 is 0 Å². The minimum Gasteiger partial charge on any atom is -0.207 e. The SMILES string of the molecule is CC(C)C(c1c(F)cc(F)cc1F)C(C)C. The van der Waals surface area contributed by atoms with Crippen molar-refractivity contribution in [3.05, 3.63) is 35.1 Å². The van der Waals surface area contributed by atoms with Gasteiger partial charge in [-0.3, -0.25) is 0 Å². The van der Waals surface area contributed by atoms with Crippen LogP contribution in [-0.2, 0) is 0 Å². The quantitative estimate of drug-likeness (QED) is 0.717. The molecule has 0 saturated heterocycles. The Bertz CT molecular complexity index is 338. The highest BCUT2D eigenvalue weighted by atomic mass is 19.1. The zero-order chi connectivity index (χ0) is 12.5. The molecule has 0 radical (unpaired) electrons. The fourth-order valence-corrected chi connectivity index (χ4v) is 2.31. The molecule has 0 unspecified atom stereocenters. The van der Waals surface area contributed by atoms with E-state index in [-0.39, 0.29) is 23.3 Å². The van der Waals surface area contributed by atoms with E-state index >= 15 is 0 Å². The maximum absolute atomic E-state index is 13.6. The van der Waals surface area contributed by atoms with Gasteiger partial charge in [-0.2, -0.15) is 0 Å². The maximum atomic E-state index is 13.6. The lowest BCUT2D eigenvalue weighted by molar-refractivity contribution is 0.358. The molecular weight excluding hydrogens is 213 g/mol. The van der Waals surface area contributed by atoms with Gasteiger partial charge in [0, 0.05) is 17.7 Å². The Kier molecular flexibility index (Phi) is 4.00. The summed E-state index contributed by atoms with van der Waals surface area (Å²) in [6.07, 6.45) is 0. The second-order valence-electron chi connectivity index (χ2n) is 4.80. The zero-order valence-electron chi connectivity index (χ0n) is 10.0.